The van der Waals surface area contributed by atoms with Gasteiger partial charge in [-0.1, -0.05) is 48.5 Å². The molecule has 0 atom stereocenters. The van der Waals surface area contributed by atoms with E-state index in [1.165, 1.54) is 0 Å². The van der Waals surface area contributed by atoms with Gasteiger partial charge in [-0.3, -0.25) is 4.79 Å². The normalized spacial score (nSPS) is 10.2. The average molecular weight is 377 g/mol. The van der Waals surface area contributed by atoms with Gasteiger partial charge in [0.1, 0.15) is 12.4 Å². The zero-order chi connectivity index (χ0) is 19.8. The summed E-state index contributed by atoms with van der Waals surface area (Å²) in [5.74, 6) is 1.63. The number of carbonyl (C=O) groups is 1. The molecule has 0 saturated heterocycles. The van der Waals surface area contributed by atoms with Gasteiger partial charge in [0.25, 0.3) is 5.91 Å². The van der Waals surface area contributed by atoms with Crippen LogP contribution in [0.5, 0.6) is 17.2 Å². The van der Waals surface area contributed by atoms with E-state index in [0.717, 1.165) is 11.1 Å². The van der Waals surface area contributed by atoms with Crippen LogP contribution in [0, 0.1) is 0 Å². The largest absolute Gasteiger partial charge is 0.496 e. The van der Waals surface area contributed by atoms with Crippen molar-refractivity contribution in [3.8, 4) is 17.2 Å². The highest BCUT2D eigenvalue weighted by Gasteiger charge is 2.12. The summed E-state index contributed by atoms with van der Waals surface area (Å²) in [6.45, 7) is 0.827. The van der Waals surface area contributed by atoms with E-state index in [9.17, 15) is 4.79 Å². The molecule has 0 aliphatic carbocycles. The Kier molecular flexibility index (Phi) is 6.52. The first-order valence-electron chi connectivity index (χ1n) is 8.96. The quantitative estimate of drug-likeness (QED) is 0.639. The Hall–Kier alpha value is -3.47. The minimum atomic E-state index is -0.194. The molecule has 0 aliphatic rings. The molecule has 0 saturated carbocycles. The van der Waals surface area contributed by atoms with Crippen molar-refractivity contribution in [1.82, 2.24) is 5.32 Å². The molecular formula is C23H23NO4. The smallest absolute Gasteiger partial charge is 0.255 e. The molecule has 1 N–H and O–H groups in total. The Morgan fingerprint density at radius 1 is 0.786 bits per heavy atom. The van der Waals surface area contributed by atoms with E-state index < -0.39 is 0 Å². The Morgan fingerprint density at radius 2 is 1.50 bits per heavy atom. The van der Waals surface area contributed by atoms with Crippen LogP contribution in [-0.2, 0) is 13.2 Å². The molecule has 28 heavy (non-hydrogen) atoms. The van der Waals surface area contributed by atoms with Crippen LogP contribution in [0.1, 0.15) is 21.5 Å². The van der Waals surface area contributed by atoms with Crippen molar-refractivity contribution in [2.75, 3.05) is 14.2 Å². The first kappa shape index (κ1) is 19.3. The summed E-state index contributed by atoms with van der Waals surface area (Å²) in [5, 5.41) is 2.90. The Morgan fingerprint density at radius 3 is 2.25 bits per heavy atom. The Bertz CT molecular complexity index is 925. The molecule has 0 aromatic heterocycles. The molecule has 5 nitrogen and oxygen atoms in total. The SMILES string of the molecule is COc1cc(CNC(=O)c2ccccc2OC)ccc1OCc1ccccc1. The van der Waals surface area contributed by atoms with Gasteiger partial charge >= 0.3 is 0 Å². The summed E-state index contributed by atoms with van der Waals surface area (Å²) >= 11 is 0. The third kappa shape index (κ3) is 4.82. The third-order valence-corrected chi connectivity index (χ3v) is 4.27. The zero-order valence-electron chi connectivity index (χ0n) is 16.0. The van der Waals surface area contributed by atoms with E-state index in [-0.39, 0.29) is 5.91 Å². The van der Waals surface area contributed by atoms with Gasteiger partial charge in [0.15, 0.2) is 11.5 Å². The number of para-hydroxylation sites is 1. The molecule has 1 amide bonds. The summed E-state index contributed by atoms with van der Waals surface area (Å²) < 4.78 is 16.5. The van der Waals surface area contributed by atoms with Crippen LogP contribution < -0.4 is 19.5 Å². The summed E-state index contributed by atoms with van der Waals surface area (Å²) in [7, 11) is 3.15. The van der Waals surface area contributed by atoms with Crippen LogP contribution in [-0.4, -0.2) is 20.1 Å². The molecule has 144 valence electrons. The summed E-state index contributed by atoms with van der Waals surface area (Å²) in [5.41, 5.74) is 2.49. The number of amides is 1. The number of hydrogen-bond donors (Lipinski definition) is 1. The van der Waals surface area contributed by atoms with Crippen LogP contribution in [0.15, 0.2) is 72.8 Å². The molecule has 0 unspecified atom stereocenters. The molecule has 5 heteroatoms. The Balaban J connectivity index is 1.64. The van der Waals surface area contributed by atoms with E-state index in [1.54, 1.807) is 32.4 Å². The number of carbonyl (C=O) groups excluding carboxylic acids is 1. The van der Waals surface area contributed by atoms with Crippen molar-refractivity contribution in [2.45, 2.75) is 13.2 Å². The molecule has 0 heterocycles. The second-order valence-electron chi connectivity index (χ2n) is 6.14. The maximum Gasteiger partial charge on any atom is 0.255 e. The number of hydrogen-bond acceptors (Lipinski definition) is 4. The Labute approximate surface area is 164 Å². The van der Waals surface area contributed by atoms with Gasteiger partial charge in [-0.15, -0.1) is 0 Å². The fraction of sp³-hybridized carbons (Fsp3) is 0.174. The molecule has 0 spiro atoms. The fourth-order valence-corrected chi connectivity index (χ4v) is 2.79. The first-order valence-corrected chi connectivity index (χ1v) is 8.96. The van der Waals surface area contributed by atoms with E-state index in [2.05, 4.69) is 5.32 Å². The minimum Gasteiger partial charge on any atom is -0.496 e. The van der Waals surface area contributed by atoms with E-state index in [1.807, 2.05) is 54.6 Å². The first-order chi connectivity index (χ1) is 13.7. The predicted octanol–water partition coefficient (Wildman–Crippen LogP) is 4.21. The van der Waals surface area contributed by atoms with Gasteiger partial charge in [-0.05, 0) is 35.4 Å². The summed E-state index contributed by atoms with van der Waals surface area (Å²) in [6, 6.07) is 22.7. The number of methoxy groups -OCH3 is 2. The maximum absolute atomic E-state index is 12.4. The van der Waals surface area contributed by atoms with Crippen molar-refractivity contribution in [2.24, 2.45) is 0 Å². The molecule has 3 aromatic rings. The third-order valence-electron chi connectivity index (χ3n) is 4.27. The van der Waals surface area contributed by atoms with Crippen LogP contribution in [0.4, 0.5) is 0 Å². The fourth-order valence-electron chi connectivity index (χ4n) is 2.79. The average Bonchev–Trinajstić information content (AvgIpc) is 2.76. The van der Waals surface area contributed by atoms with Crippen LogP contribution >= 0.6 is 0 Å². The van der Waals surface area contributed by atoms with E-state index >= 15 is 0 Å². The van der Waals surface area contributed by atoms with Crippen molar-refractivity contribution < 1.29 is 19.0 Å². The number of ether oxygens (including phenoxy) is 3. The van der Waals surface area contributed by atoms with Gasteiger partial charge in [-0.25, -0.2) is 0 Å². The topological polar surface area (TPSA) is 56.8 Å². The van der Waals surface area contributed by atoms with Gasteiger partial charge in [-0.2, -0.15) is 0 Å². The van der Waals surface area contributed by atoms with E-state index in [4.69, 9.17) is 14.2 Å². The summed E-state index contributed by atoms with van der Waals surface area (Å²) in [6.07, 6.45) is 0. The van der Waals surface area contributed by atoms with Crippen LogP contribution in [0.3, 0.4) is 0 Å². The minimum absolute atomic E-state index is 0.194. The van der Waals surface area contributed by atoms with Crippen molar-refractivity contribution in [3.05, 3.63) is 89.5 Å². The standard InChI is InChI=1S/C23H23NO4/c1-26-20-11-7-6-10-19(20)23(25)24-15-18-12-13-21(22(14-18)27-2)28-16-17-8-4-3-5-9-17/h3-14H,15-16H2,1-2H3,(H,24,25). The van der Waals surface area contributed by atoms with Crippen molar-refractivity contribution in [3.63, 3.8) is 0 Å². The molecule has 0 fully saturated rings. The summed E-state index contributed by atoms with van der Waals surface area (Å²) in [4.78, 5) is 12.4. The molecular weight excluding hydrogens is 354 g/mol. The number of nitrogens with one attached hydrogen (secondary N) is 1. The number of rotatable bonds is 8. The highest BCUT2D eigenvalue weighted by atomic mass is 16.5. The van der Waals surface area contributed by atoms with Gasteiger partial charge in [0, 0.05) is 6.54 Å². The second kappa shape index (κ2) is 9.46. The second-order valence-corrected chi connectivity index (χ2v) is 6.14. The lowest BCUT2D eigenvalue weighted by atomic mass is 10.1. The van der Waals surface area contributed by atoms with Gasteiger partial charge < -0.3 is 19.5 Å². The molecule has 3 rings (SSSR count). The predicted molar refractivity (Wildman–Crippen MR) is 108 cm³/mol. The van der Waals surface area contributed by atoms with Gasteiger partial charge in [0.2, 0.25) is 0 Å². The number of benzene rings is 3. The van der Waals surface area contributed by atoms with Crippen molar-refractivity contribution in [1.29, 1.82) is 0 Å². The lowest BCUT2D eigenvalue weighted by Gasteiger charge is -2.13. The van der Waals surface area contributed by atoms with Crippen LogP contribution in [0.2, 0.25) is 0 Å². The zero-order valence-corrected chi connectivity index (χ0v) is 16.0. The molecule has 0 radical (unpaired) electrons. The lowest BCUT2D eigenvalue weighted by molar-refractivity contribution is 0.0948. The molecule has 0 bridgehead atoms. The maximum atomic E-state index is 12.4. The monoisotopic (exact) mass is 377 g/mol. The lowest BCUT2D eigenvalue weighted by Crippen LogP contribution is -2.23. The highest BCUT2D eigenvalue weighted by Crippen LogP contribution is 2.29. The van der Waals surface area contributed by atoms with Crippen LogP contribution in [0.25, 0.3) is 0 Å². The molecule has 0 aliphatic heterocycles. The molecule has 3 aromatic carbocycles. The van der Waals surface area contributed by atoms with E-state index in [0.29, 0.717) is 36.0 Å². The van der Waals surface area contributed by atoms with Crippen molar-refractivity contribution >= 4 is 5.91 Å². The van der Waals surface area contributed by atoms with Gasteiger partial charge in [0.05, 0.1) is 19.8 Å². The highest BCUT2D eigenvalue weighted by molar-refractivity contribution is 5.96.